The summed E-state index contributed by atoms with van der Waals surface area (Å²) in [6, 6.07) is 12.9. The molecule has 0 saturated carbocycles. The third-order valence-electron chi connectivity index (χ3n) is 5.16. The standard InChI is InChI=1S/C23H25Cl2NO/c1-26-23-12-10-18(17-8-11-21(24)22(25)15-17)19-9-7-16(14-20(19)23)6-4-3-5-13-27-2/h7-9,11,14-15,18,23,26H,3,5,10,12-13H2,1-2H3. The summed E-state index contributed by atoms with van der Waals surface area (Å²) in [6.45, 7) is 0.756. The molecule has 0 aliphatic heterocycles. The summed E-state index contributed by atoms with van der Waals surface area (Å²) in [5.74, 6) is 6.88. The van der Waals surface area contributed by atoms with Gasteiger partial charge in [0.2, 0.25) is 0 Å². The maximum absolute atomic E-state index is 6.26. The second kappa shape index (κ2) is 9.62. The smallest absolute Gasteiger partial charge is 0.0595 e. The van der Waals surface area contributed by atoms with Crippen LogP contribution in [0.25, 0.3) is 0 Å². The third-order valence-corrected chi connectivity index (χ3v) is 5.90. The van der Waals surface area contributed by atoms with Crippen LogP contribution in [0.4, 0.5) is 0 Å². The average molecular weight is 402 g/mol. The molecule has 2 unspecified atom stereocenters. The first-order chi connectivity index (χ1) is 13.1. The van der Waals surface area contributed by atoms with Crippen LogP contribution in [-0.2, 0) is 4.74 Å². The van der Waals surface area contributed by atoms with Crippen molar-refractivity contribution in [3.8, 4) is 11.8 Å². The number of unbranched alkanes of at least 4 members (excludes halogenated alkanes) is 1. The zero-order valence-electron chi connectivity index (χ0n) is 15.8. The molecule has 2 aromatic rings. The number of fused-ring (bicyclic) bond motifs is 1. The Morgan fingerprint density at radius 2 is 1.93 bits per heavy atom. The van der Waals surface area contributed by atoms with Crippen LogP contribution in [-0.4, -0.2) is 20.8 Å². The van der Waals surface area contributed by atoms with E-state index in [2.05, 4.69) is 41.4 Å². The highest BCUT2D eigenvalue weighted by Crippen LogP contribution is 2.42. The second-order valence-electron chi connectivity index (χ2n) is 6.89. The Balaban J connectivity index is 1.89. The Morgan fingerprint density at radius 3 is 2.67 bits per heavy atom. The van der Waals surface area contributed by atoms with Crippen molar-refractivity contribution in [2.45, 2.75) is 37.6 Å². The Bertz CT molecular complexity index is 853. The van der Waals surface area contributed by atoms with E-state index in [1.54, 1.807) is 7.11 Å². The molecule has 0 bridgehead atoms. The molecule has 2 aromatic carbocycles. The highest BCUT2D eigenvalue weighted by atomic mass is 35.5. The minimum absolute atomic E-state index is 0.336. The Hall–Kier alpha value is -1.50. The van der Waals surface area contributed by atoms with Crippen LogP contribution in [0.15, 0.2) is 36.4 Å². The van der Waals surface area contributed by atoms with Gasteiger partial charge in [0.05, 0.1) is 10.0 Å². The molecule has 0 heterocycles. The minimum atomic E-state index is 0.336. The van der Waals surface area contributed by atoms with E-state index < -0.39 is 0 Å². The molecule has 4 heteroatoms. The molecule has 0 radical (unpaired) electrons. The fraction of sp³-hybridized carbons (Fsp3) is 0.391. The normalized spacial score (nSPS) is 18.5. The number of benzene rings is 2. The van der Waals surface area contributed by atoms with Crippen LogP contribution in [0, 0.1) is 11.8 Å². The van der Waals surface area contributed by atoms with Gasteiger partial charge in [0.1, 0.15) is 0 Å². The van der Waals surface area contributed by atoms with Gasteiger partial charge in [0.25, 0.3) is 0 Å². The maximum atomic E-state index is 6.26. The summed E-state index contributed by atoms with van der Waals surface area (Å²) in [4.78, 5) is 0. The SMILES string of the molecule is CNC1CCC(c2ccc(Cl)c(Cl)c2)c2ccc(C#CCCCOC)cc21. The molecule has 1 aliphatic rings. The van der Waals surface area contributed by atoms with Gasteiger partial charge in [0.15, 0.2) is 0 Å². The largest absolute Gasteiger partial charge is 0.385 e. The first kappa shape index (κ1) is 20.2. The molecule has 0 saturated heterocycles. The van der Waals surface area contributed by atoms with Crippen molar-refractivity contribution in [1.29, 1.82) is 0 Å². The van der Waals surface area contributed by atoms with Gasteiger partial charge >= 0.3 is 0 Å². The van der Waals surface area contributed by atoms with Crippen molar-refractivity contribution in [3.05, 3.63) is 68.7 Å². The fourth-order valence-electron chi connectivity index (χ4n) is 3.76. The lowest BCUT2D eigenvalue weighted by molar-refractivity contribution is 0.196. The van der Waals surface area contributed by atoms with Crippen molar-refractivity contribution in [1.82, 2.24) is 5.32 Å². The predicted octanol–water partition coefficient (Wildman–Crippen LogP) is 5.96. The molecule has 1 N–H and O–H groups in total. The fourth-order valence-corrected chi connectivity index (χ4v) is 4.07. The van der Waals surface area contributed by atoms with E-state index in [1.807, 2.05) is 19.2 Å². The summed E-state index contributed by atoms with van der Waals surface area (Å²) in [5, 5.41) is 4.67. The lowest BCUT2D eigenvalue weighted by Crippen LogP contribution is -2.24. The van der Waals surface area contributed by atoms with E-state index in [9.17, 15) is 0 Å². The van der Waals surface area contributed by atoms with Gasteiger partial charge in [-0.2, -0.15) is 0 Å². The van der Waals surface area contributed by atoms with Crippen LogP contribution < -0.4 is 5.32 Å². The lowest BCUT2D eigenvalue weighted by Gasteiger charge is -2.32. The molecule has 27 heavy (non-hydrogen) atoms. The van der Waals surface area contributed by atoms with Gasteiger partial charge in [-0.15, -0.1) is 0 Å². The molecule has 2 nitrogen and oxygen atoms in total. The Kier molecular flexibility index (Phi) is 7.21. The number of ether oxygens (including phenoxy) is 1. The van der Waals surface area contributed by atoms with E-state index in [-0.39, 0.29) is 0 Å². The number of hydrogen-bond donors (Lipinski definition) is 1. The number of halogens is 2. The van der Waals surface area contributed by atoms with E-state index in [0.717, 1.165) is 37.9 Å². The summed E-state index contributed by atoms with van der Waals surface area (Å²) >= 11 is 12.4. The van der Waals surface area contributed by atoms with E-state index >= 15 is 0 Å². The molecular formula is C23H25Cl2NO. The predicted molar refractivity (Wildman–Crippen MR) is 114 cm³/mol. The summed E-state index contributed by atoms with van der Waals surface area (Å²) in [7, 11) is 3.75. The summed E-state index contributed by atoms with van der Waals surface area (Å²) in [5.41, 5.74) is 4.98. The van der Waals surface area contributed by atoms with Crippen LogP contribution in [0.1, 0.15) is 59.9 Å². The molecule has 1 aliphatic carbocycles. The van der Waals surface area contributed by atoms with Gasteiger partial charge in [0, 0.05) is 37.7 Å². The van der Waals surface area contributed by atoms with Crippen LogP contribution in [0.2, 0.25) is 10.0 Å². The zero-order chi connectivity index (χ0) is 19.2. The first-order valence-corrected chi connectivity index (χ1v) is 10.1. The number of rotatable bonds is 5. The lowest BCUT2D eigenvalue weighted by atomic mass is 9.76. The van der Waals surface area contributed by atoms with Gasteiger partial charge in [-0.05, 0) is 67.3 Å². The number of methoxy groups -OCH3 is 1. The monoisotopic (exact) mass is 401 g/mol. The van der Waals surface area contributed by atoms with Crippen molar-refractivity contribution in [2.75, 3.05) is 20.8 Å². The van der Waals surface area contributed by atoms with E-state index in [0.29, 0.717) is 22.0 Å². The quantitative estimate of drug-likeness (QED) is 0.492. The average Bonchev–Trinajstić information content (AvgIpc) is 2.69. The highest BCUT2D eigenvalue weighted by Gasteiger charge is 2.27. The Morgan fingerprint density at radius 1 is 1.07 bits per heavy atom. The molecular weight excluding hydrogens is 377 g/mol. The zero-order valence-corrected chi connectivity index (χ0v) is 17.3. The van der Waals surface area contributed by atoms with Crippen LogP contribution in [0.3, 0.4) is 0 Å². The molecule has 2 atom stereocenters. The van der Waals surface area contributed by atoms with E-state index in [4.69, 9.17) is 27.9 Å². The molecule has 0 fully saturated rings. The van der Waals surface area contributed by atoms with Crippen molar-refractivity contribution >= 4 is 23.2 Å². The van der Waals surface area contributed by atoms with Gasteiger partial charge in [-0.3, -0.25) is 0 Å². The van der Waals surface area contributed by atoms with Gasteiger partial charge in [-0.1, -0.05) is 47.2 Å². The van der Waals surface area contributed by atoms with Crippen molar-refractivity contribution in [2.24, 2.45) is 0 Å². The molecule has 0 spiro atoms. The van der Waals surface area contributed by atoms with Crippen LogP contribution >= 0.6 is 23.2 Å². The molecule has 0 aromatic heterocycles. The molecule has 0 amide bonds. The van der Waals surface area contributed by atoms with Crippen molar-refractivity contribution in [3.63, 3.8) is 0 Å². The first-order valence-electron chi connectivity index (χ1n) is 9.38. The van der Waals surface area contributed by atoms with Gasteiger partial charge < -0.3 is 10.1 Å². The number of hydrogen-bond acceptors (Lipinski definition) is 2. The maximum Gasteiger partial charge on any atom is 0.0595 e. The molecule has 3 rings (SSSR count). The molecule has 142 valence electrons. The second-order valence-corrected chi connectivity index (χ2v) is 7.70. The minimum Gasteiger partial charge on any atom is -0.385 e. The van der Waals surface area contributed by atoms with Crippen molar-refractivity contribution < 1.29 is 4.74 Å². The van der Waals surface area contributed by atoms with E-state index in [1.165, 1.54) is 16.7 Å². The highest BCUT2D eigenvalue weighted by molar-refractivity contribution is 6.42. The van der Waals surface area contributed by atoms with Crippen LogP contribution in [0.5, 0.6) is 0 Å². The third kappa shape index (κ3) is 4.86. The Labute approximate surface area is 172 Å². The number of nitrogens with one attached hydrogen (secondary N) is 1. The topological polar surface area (TPSA) is 21.3 Å². The summed E-state index contributed by atoms with van der Waals surface area (Å²) in [6.07, 6.45) is 3.98. The van der Waals surface area contributed by atoms with Gasteiger partial charge in [-0.25, -0.2) is 0 Å². The summed E-state index contributed by atoms with van der Waals surface area (Å²) < 4.78 is 5.07.